The number of rotatable bonds is 5. The van der Waals surface area contributed by atoms with Crippen LogP contribution < -0.4 is 10.6 Å². The Kier molecular flexibility index (Phi) is 11.7. The molecule has 2 N–H and O–H groups in total. The molecule has 8 heteroatoms. The minimum Gasteiger partial charge on any atom is -0.350 e. The van der Waals surface area contributed by atoms with E-state index in [1.165, 1.54) is 17.6 Å². The fourth-order valence-corrected chi connectivity index (χ4v) is 4.64. The summed E-state index contributed by atoms with van der Waals surface area (Å²) >= 11 is 0. The van der Waals surface area contributed by atoms with Crippen LogP contribution in [0.25, 0.3) is 11.0 Å². The average molecular weight is 533 g/mol. The van der Waals surface area contributed by atoms with Crippen molar-refractivity contribution in [3.63, 3.8) is 0 Å². The van der Waals surface area contributed by atoms with Gasteiger partial charge in [-0.05, 0) is 77.1 Å². The van der Waals surface area contributed by atoms with Gasteiger partial charge in [-0.3, -0.25) is 9.59 Å². The normalized spacial score (nSPS) is 18.7. The van der Waals surface area contributed by atoms with Crippen molar-refractivity contribution in [3.05, 3.63) is 71.3 Å². The Morgan fingerprint density at radius 3 is 2.49 bits per heavy atom. The van der Waals surface area contributed by atoms with Gasteiger partial charge in [0, 0.05) is 20.1 Å². The molecule has 2 amide bonds. The Morgan fingerprint density at radius 1 is 1.13 bits per heavy atom. The molecule has 3 heterocycles. The first-order chi connectivity index (χ1) is 18.8. The van der Waals surface area contributed by atoms with Crippen molar-refractivity contribution in [2.75, 3.05) is 13.1 Å². The molecular formula is C31H44N6O2. The van der Waals surface area contributed by atoms with E-state index in [1.807, 2.05) is 43.4 Å². The molecule has 2 saturated heterocycles. The van der Waals surface area contributed by atoms with Crippen molar-refractivity contribution in [2.24, 2.45) is 7.05 Å². The third kappa shape index (κ3) is 8.75. The van der Waals surface area contributed by atoms with Crippen LogP contribution in [0.4, 0.5) is 0 Å². The lowest BCUT2D eigenvalue weighted by Crippen LogP contribution is -2.50. The highest BCUT2D eigenvalue weighted by molar-refractivity contribution is 5.90. The van der Waals surface area contributed by atoms with E-state index in [-0.39, 0.29) is 23.9 Å². The lowest BCUT2D eigenvalue weighted by atomic mass is 10.1. The van der Waals surface area contributed by atoms with Crippen LogP contribution in [0.2, 0.25) is 0 Å². The second kappa shape index (κ2) is 15.2. The molecule has 0 radical (unpaired) electrons. The second-order valence-corrected chi connectivity index (χ2v) is 10.2. The number of hydrogen-bond donors (Lipinski definition) is 2. The van der Waals surface area contributed by atoms with Crippen LogP contribution in [0.15, 0.2) is 60.2 Å². The lowest BCUT2D eigenvalue weighted by Gasteiger charge is -2.26. The maximum Gasteiger partial charge on any atom is 0.243 e. The van der Waals surface area contributed by atoms with E-state index >= 15 is 0 Å². The summed E-state index contributed by atoms with van der Waals surface area (Å²) < 4.78 is 1.72. The van der Waals surface area contributed by atoms with Crippen LogP contribution in [-0.2, 0) is 23.2 Å². The predicted octanol–water partition coefficient (Wildman–Crippen LogP) is 4.69. The van der Waals surface area contributed by atoms with Gasteiger partial charge >= 0.3 is 0 Å². The van der Waals surface area contributed by atoms with Gasteiger partial charge in [-0.1, -0.05) is 65.7 Å². The molecule has 3 aromatic rings. The van der Waals surface area contributed by atoms with Gasteiger partial charge in [-0.15, -0.1) is 5.10 Å². The molecule has 2 atom stereocenters. The Labute approximate surface area is 232 Å². The summed E-state index contributed by atoms with van der Waals surface area (Å²) in [6.45, 7) is 10.4. The Morgan fingerprint density at radius 2 is 1.90 bits per heavy atom. The van der Waals surface area contributed by atoms with Gasteiger partial charge in [0.1, 0.15) is 11.6 Å². The quantitative estimate of drug-likeness (QED) is 0.466. The van der Waals surface area contributed by atoms with Crippen molar-refractivity contribution in [1.82, 2.24) is 30.5 Å². The van der Waals surface area contributed by atoms with E-state index < -0.39 is 0 Å². The molecule has 2 fully saturated rings. The first-order valence-electron chi connectivity index (χ1n) is 14.1. The molecule has 39 heavy (non-hydrogen) atoms. The van der Waals surface area contributed by atoms with Crippen LogP contribution >= 0.6 is 0 Å². The Balaban J connectivity index is 0.000000267. The highest BCUT2D eigenvalue weighted by Gasteiger charge is 2.37. The minimum absolute atomic E-state index is 0.0705. The van der Waals surface area contributed by atoms with E-state index in [0.717, 1.165) is 48.8 Å². The molecule has 0 spiro atoms. The van der Waals surface area contributed by atoms with Gasteiger partial charge in [0.15, 0.2) is 0 Å². The highest BCUT2D eigenvalue weighted by Crippen LogP contribution is 2.21. The van der Waals surface area contributed by atoms with Gasteiger partial charge in [0.2, 0.25) is 11.8 Å². The third-order valence-electron chi connectivity index (χ3n) is 7.33. The summed E-state index contributed by atoms with van der Waals surface area (Å²) in [5.74, 6) is -0.00535. The van der Waals surface area contributed by atoms with Gasteiger partial charge in [0.05, 0.1) is 11.6 Å². The topological polar surface area (TPSA) is 92.2 Å². The number of carbonyl (C=O) groups is 2. The molecule has 2 aliphatic rings. The van der Waals surface area contributed by atoms with E-state index in [9.17, 15) is 9.59 Å². The molecule has 8 nitrogen and oxygen atoms in total. The van der Waals surface area contributed by atoms with Crippen molar-refractivity contribution in [1.29, 1.82) is 0 Å². The van der Waals surface area contributed by atoms with Crippen LogP contribution in [-0.4, -0.2) is 56.9 Å². The number of aromatic nitrogens is 3. The molecule has 2 aliphatic heterocycles. The van der Waals surface area contributed by atoms with Crippen molar-refractivity contribution in [3.8, 4) is 0 Å². The zero-order valence-corrected chi connectivity index (χ0v) is 24.1. The Hall–Kier alpha value is -3.52. The number of benzene rings is 2. The fraction of sp³-hybridized carbons (Fsp3) is 0.484. The number of amides is 2. The number of nitrogens with one attached hydrogen (secondary N) is 2. The number of fused-ring (bicyclic) bond motifs is 1. The molecule has 0 bridgehead atoms. The van der Waals surface area contributed by atoms with Gasteiger partial charge in [-0.2, -0.15) is 0 Å². The first kappa shape index (κ1) is 30.0. The largest absolute Gasteiger partial charge is 0.350 e. The third-order valence-corrected chi connectivity index (χ3v) is 7.33. The first-order valence-corrected chi connectivity index (χ1v) is 14.1. The summed E-state index contributed by atoms with van der Waals surface area (Å²) in [6.07, 6.45) is 6.82. The van der Waals surface area contributed by atoms with E-state index in [1.54, 1.807) is 9.58 Å². The van der Waals surface area contributed by atoms with Crippen LogP contribution in [0, 0.1) is 6.92 Å². The molecule has 0 aliphatic carbocycles. The number of carbonyl (C=O) groups excluding carboxylic acids is 2. The van der Waals surface area contributed by atoms with Crippen LogP contribution in [0.1, 0.15) is 64.0 Å². The number of likely N-dealkylation sites (tertiary alicyclic amines) is 1. The maximum absolute atomic E-state index is 12.7. The van der Waals surface area contributed by atoms with E-state index in [0.29, 0.717) is 13.1 Å². The van der Waals surface area contributed by atoms with Crippen molar-refractivity contribution in [2.45, 2.75) is 78.4 Å². The molecule has 210 valence electrons. The van der Waals surface area contributed by atoms with E-state index in [4.69, 9.17) is 0 Å². The predicted molar refractivity (Wildman–Crippen MR) is 157 cm³/mol. The summed E-state index contributed by atoms with van der Waals surface area (Å²) in [5, 5.41) is 14.3. The van der Waals surface area contributed by atoms with Gasteiger partial charge < -0.3 is 15.5 Å². The zero-order valence-electron chi connectivity index (χ0n) is 24.1. The minimum atomic E-state index is -0.356. The molecule has 0 saturated carbocycles. The summed E-state index contributed by atoms with van der Waals surface area (Å²) in [5.41, 5.74) is 5.53. The smallest absolute Gasteiger partial charge is 0.243 e. The second-order valence-electron chi connectivity index (χ2n) is 10.2. The number of aryl methyl sites for hydroxylation is 2. The number of hydrogen-bond acceptors (Lipinski definition) is 5. The molecule has 5 rings (SSSR count). The SMILES string of the molecule is C/C=C(/C)CC.Cc1ccccc1.Cn1nnc2cc(CNC(=O)[C@@H]3CCCN3C(=O)C3CCCN3)ccc21. The summed E-state index contributed by atoms with van der Waals surface area (Å²) in [7, 11) is 1.85. The van der Waals surface area contributed by atoms with Gasteiger partial charge in [-0.25, -0.2) is 4.68 Å². The number of allylic oxidation sites excluding steroid dienone is 2. The fourth-order valence-electron chi connectivity index (χ4n) is 4.64. The average Bonchev–Trinajstić information content (AvgIpc) is 3.74. The highest BCUT2D eigenvalue weighted by atomic mass is 16.2. The van der Waals surface area contributed by atoms with E-state index in [2.05, 4.69) is 66.8 Å². The lowest BCUT2D eigenvalue weighted by molar-refractivity contribution is -0.139. The summed E-state index contributed by atoms with van der Waals surface area (Å²) in [4.78, 5) is 27.1. The Bertz CT molecular complexity index is 1230. The van der Waals surface area contributed by atoms with Crippen molar-refractivity contribution >= 4 is 22.8 Å². The molecule has 2 aromatic carbocycles. The molecule has 1 aromatic heterocycles. The number of nitrogens with zero attached hydrogens (tertiary/aromatic N) is 4. The van der Waals surface area contributed by atoms with Crippen molar-refractivity contribution < 1.29 is 9.59 Å². The molecular weight excluding hydrogens is 488 g/mol. The standard InChI is InChI=1S/C18H24N6O2.C7H8.C6H12/c1-23-15-7-6-12(10-14(15)21-22-23)11-20-17(25)16-5-3-9-24(16)18(26)13-4-2-8-19-13;1-7-5-3-2-4-6-7;1-4-6(3)5-2/h6-7,10,13,16,19H,2-5,8-9,11H2,1H3,(H,20,25);2-6H,1H3;4H,5H2,1-3H3/b;;6-4-/t13?,16-;;/m0../s1. The molecule has 1 unspecified atom stereocenters. The maximum atomic E-state index is 12.7. The monoisotopic (exact) mass is 532 g/mol. The zero-order chi connectivity index (χ0) is 28.2. The summed E-state index contributed by atoms with van der Waals surface area (Å²) in [6, 6.07) is 15.6. The van der Waals surface area contributed by atoms with Crippen LogP contribution in [0.3, 0.4) is 0 Å². The van der Waals surface area contributed by atoms with Crippen LogP contribution in [0.5, 0.6) is 0 Å². The van der Waals surface area contributed by atoms with Gasteiger partial charge in [0.25, 0.3) is 0 Å².